The number of nitrogens with zero attached hydrogens (tertiary/aromatic N) is 2. The Morgan fingerprint density at radius 3 is 2.31 bits per heavy atom. The van der Waals surface area contributed by atoms with Gasteiger partial charge in [-0.15, -0.1) is 0 Å². The summed E-state index contributed by atoms with van der Waals surface area (Å²) >= 11 is 0. The molecule has 186 valence electrons. The number of anilines is 1. The molecule has 1 aliphatic rings. The lowest BCUT2D eigenvalue weighted by molar-refractivity contribution is -0.130. The van der Waals surface area contributed by atoms with Crippen LogP contribution in [0.1, 0.15) is 26.3 Å². The van der Waals surface area contributed by atoms with E-state index in [2.05, 4.69) is 56.6 Å². The summed E-state index contributed by atoms with van der Waals surface area (Å²) in [5.41, 5.74) is 3.31. The van der Waals surface area contributed by atoms with Crippen LogP contribution >= 0.6 is 0 Å². The molecule has 2 amide bonds. The molecule has 2 aromatic carbocycles. The monoisotopic (exact) mass is 475 g/mol. The Kier molecular flexibility index (Phi) is 8.08. The number of hydrogen-bond acceptors (Lipinski definition) is 4. The Bertz CT molecular complexity index is 1120. The van der Waals surface area contributed by atoms with E-state index in [9.17, 15) is 9.59 Å². The minimum atomic E-state index is -0.619. The molecule has 1 fully saturated rings. The van der Waals surface area contributed by atoms with E-state index < -0.39 is 6.04 Å². The number of H-pyrrole nitrogens is 1. The van der Waals surface area contributed by atoms with Crippen LogP contribution in [0.4, 0.5) is 5.69 Å². The zero-order valence-electron chi connectivity index (χ0n) is 21.0. The van der Waals surface area contributed by atoms with E-state index >= 15 is 0 Å². The van der Waals surface area contributed by atoms with E-state index in [1.165, 1.54) is 5.69 Å². The van der Waals surface area contributed by atoms with Gasteiger partial charge in [0, 0.05) is 73.9 Å². The van der Waals surface area contributed by atoms with Crippen molar-refractivity contribution >= 4 is 28.4 Å². The first-order valence-corrected chi connectivity index (χ1v) is 12.6. The predicted molar refractivity (Wildman–Crippen MR) is 141 cm³/mol. The first-order chi connectivity index (χ1) is 16.9. The zero-order valence-corrected chi connectivity index (χ0v) is 21.0. The van der Waals surface area contributed by atoms with Crippen molar-refractivity contribution in [2.24, 2.45) is 5.92 Å². The predicted octanol–water partition coefficient (Wildman–Crippen LogP) is 3.18. The number of carbonyl (C=O) groups excluding carboxylic acids is 2. The molecule has 0 radical (unpaired) electrons. The number of piperazine rings is 1. The number of nitrogens with one attached hydrogen (secondary N) is 3. The van der Waals surface area contributed by atoms with Gasteiger partial charge in [0.2, 0.25) is 11.8 Å². The van der Waals surface area contributed by atoms with Gasteiger partial charge in [0.15, 0.2) is 0 Å². The first kappa shape index (κ1) is 24.8. The van der Waals surface area contributed by atoms with Gasteiger partial charge in [-0.25, -0.2) is 0 Å². The topological polar surface area (TPSA) is 80.5 Å². The molecular weight excluding hydrogens is 438 g/mol. The van der Waals surface area contributed by atoms with E-state index in [1.807, 2.05) is 50.4 Å². The Morgan fingerprint density at radius 2 is 1.60 bits per heavy atom. The summed E-state index contributed by atoms with van der Waals surface area (Å²) in [4.78, 5) is 33.8. The Labute approximate surface area is 207 Å². The van der Waals surface area contributed by atoms with Crippen LogP contribution in [0, 0.1) is 5.92 Å². The van der Waals surface area contributed by atoms with E-state index in [1.54, 1.807) is 0 Å². The number of fused-ring (bicyclic) bond motifs is 1. The second-order valence-electron chi connectivity index (χ2n) is 9.73. The van der Waals surface area contributed by atoms with Crippen LogP contribution in [-0.2, 0) is 16.0 Å². The Hall–Kier alpha value is -3.32. The average molecular weight is 476 g/mol. The quantitative estimate of drug-likeness (QED) is 0.444. The lowest BCUT2D eigenvalue weighted by Gasteiger charge is -2.39. The number of rotatable bonds is 9. The molecule has 7 nitrogen and oxygen atoms in total. The maximum atomic E-state index is 13.2. The third-order valence-corrected chi connectivity index (χ3v) is 6.89. The molecule has 0 bridgehead atoms. The van der Waals surface area contributed by atoms with Crippen LogP contribution in [0.25, 0.3) is 10.9 Å². The lowest BCUT2D eigenvalue weighted by Crippen LogP contribution is -2.54. The van der Waals surface area contributed by atoms with Crippen LogP contribution in [0.3, 0.4) is 0 Å². The molecule has 2 heterocycles. The highest BCUT2D eigenvalue weighted by Crippen LogP contribution is 2.20. The minimum Gasteiger partial charge on any atom is -0.369 e. The summed E-state index contributed by atoms with van der Waals surface area (Å²) in [7, 11) is 0. The van der Waals surface area contributed by atoms with Crippen LogP contribution < -0.4 is 15.5 Å². The normalized spacial score (nSPS) is 16.3. The minimum absolute atomic E-state index is 0.116. The van der Waals surface area contributed by atoms with Crippen LogP contribution in [0.5, 0.6) is 0 Å². The number of hydrogen-bond donors (Lipinski definition) is 3. The molecule has 0 spiro atoms. The summed E-state index contributed by atoms with van der Waals surface area (Å²) in [6.45, 7) is 10.2. The van der Waals surface area contributed by atoms with Crippen molar-refractivity contribution in [3.63, 3.8) is 0 Å². The maximum Gasteiger partial charge on any atom is 0.242 e. The van der Waals surface area contributed by atoms with Crippen molar-refractivity contribution in [2.45, 2.75) is 39.3 Å². The molecule has 1 aliphatic heterocycles. The summed E-state index contributed by atoms with van der Waals surface area (Å²) in [6, 6.07) is 18.1. The summed E-state index contributed by atoms with van der Waals surface area (Å²) in [5.74, 6) is -0.442. The summed E-state index contributed by atoms with van der Waals surface area (Å²) in [5, 5.41) is 7.15. The van der Waals surface area contributed by atoms with Gasteiger partial charge in [-0.05, 0) is 30.7 Å². The van der Waals surface area contributed by atoms with Gasteiger partial charge in [-0.2, -0.15) is 0 Å². The number of amides is 2. The van der Waals surface area contributed by atoms with Gasteiger partial charge in [0.25, 0.3) is 0 Å². The molecular formula is C28H37N5O2. The largest absolute Gasteiger partial charge is 0.369 e. The molecule has 0 saturated carbocycles. The second-order valence-corrected chi connectivity index (χ2v) is 9.73. The highest BCUT2D eigenvalue weighted by Gasteiger charge is 2.26. The van der Waals surface area contributed by atoms with E-state index in [-0.39, 0.29) is 23.8 Å². The average Bonchev–Trinajstić information content (AvgIpc) is 3.30. The molecule has 1 saturated heterocycles. The third kappa shape index (κ3) is 6.22. The number of benzene rings is 2. The molecule has 3 N–H and O–H groups in total. The van der Waals surface area contributed by atoms with Crippen LogP contribution in [0.2, 0.25) is 0 Å². The van der Waals surface area contributed by atoms with E-state index in [0.717, 1.165) is 42.6 Å². The van der Waals surface area contributed by atoms with Crippen LogP contribution in [0.15, 0.2) is 60.8 Å². The summed E-state index contributed by atoms with van der Waals surface area (Å²) in [6.07, 6.45) is 2.37. The van der Waals surface area contributed by atoms with Gasteiger partial charge >= 0.3 is 0 Å². The number of para-hydroxylation sites is 2. The Morgan fingerprint density at radius 1 is 0.914 bits per heavy atom. The van der Waals surface area contributed by atoms with E-state index in [0.29, 0.717) is 13.0 Å². The molecule has 1 aromatic heterocycles. The Balaban J connectivity index is 1.34. The van der Waals surface area contributed by atoms with Crippen molar-refractivity contribution in [3.8, 4) is 0 Å². The molecule has 0 aliphatic carbocycles. The molecule has 2 atom stereocenters. The highest BCUT2D eigenvalue weighted by molar-refractivity contribution is 5.90. The van der Waals surface area contributed by atoms with Crippen molar-refractivity contribution < 1.29 is 9.59 Å². The molecule has 3 aromatic rings. The molecule has 7 heteroatoms. The van der Waals surface area contributed by atoms with Crippen molar-refractivity contribution in [2.75, 3.05) is 37.6 Å². The fraction of sp³-hybridized carbons (Fsp3) is 0.429. The van der Waals surface area contributed by atoms with Crippen molar-refractivity contribution in [1.82, 2.24) is 20.5 Å². The SMILES string of the molecule is CC(C)C(=O)NC(Cc1c[nH]c2ccccc12)C(=O)NCC(C)N1CCN(c2ccccc2)CC1. The van der Waals surface area contributed by atoms with Gasteiger partial charge in [0.05, 0.1) is 0 Å². The molecule has 4 rings (SSSR count). The fourth-order valence-electron chi connectivity index (χ4n) is 4.63. The standard InChI is InChI=1S/C28H37N5O2/c1-20(2)27(34)31-26(17-22-19-29-25-12-8-7-11-24(22)25)28(35)30-18-21(3)32-13-15-33(16-14-32)23-9-5-4-6-10-23/h4-12,19-21,26,29H,13-18H2,1-3H3,(H,30,35)(H,31,34). The number of carbonyl (C=O) groups is 2. The van der Waals surface area contributed by atoms with Gasteiger partial charge in [-0.1, -0.05) is 50.2 Å². The molecule has 35 heavy (non-hydrogen) atoms. The maximum absolute atomic E-state index is 13.2. The van der Waals surface area contributed by atoms with Gasteiger partial charge in [0.1, 0.15) is 6.04 Å². The summed E-state index contributed by atoms with van der Waals surface area (Å²) < 4.78 is 0. The van der Waals surface area contributed by atoms with Crippen LogP contribution in [-0.4, -0.2) is 66.5 Å². The third-order valence-electron chi connectivity index (χ3n) is 6.89. The lowest BCUT2D eigenvalue weighted by atomic mass is 10.0. The van der Waals surface area contributed by atoms with Gasteiger partial charge < -0.3 is 20.5 Å². The second kappa shape index (κ2) is 11.4. The number of aromatic nitrogens is 1. The first-order valence-electron chi connectivity index (χ1n) is 12.6. The number of aromatic amines is 1. The van der Waals surface area contributed by atoms with E-state index in [4.69, 9.17) is 0 Å². The zero-order chi connectivity index (χ0) is 24.8. The smallest absolute Gasteiger partial charge is 0.242 e. The van der Waals surface area contributed by atoms with Crippen molar-refractivity contribution in [3.05, 3.63) is 66.4 Å². The van der Waals surface area contributed by atoms with Crippen molar-refractivity contribution in [1.29, 1.82) is 0 Å². The molecule has 2 unspecified atom stereocenters. The fourth-order valence-corrected chi connectivity index (χ4v) is 4.63. The van der Waals surface area contributed by atoms with Gasteiger partial charge in [-0.3, -0.25) is 14.5 Å². The highest BCUT2D eigenvalue weighted by atomic mass is 16.2.